The molecule has 1 aliphatic carbocycles. The standard InChI is InChI=1S/C27H29N3O/c1-4-20(2)29-17-18-30(21(29)3)25-16-15-24(19-25)27(26(28)31,22-11-7-5-8-12-22)23-13-9-6-10-14-23/h1,5-14,17-18,20,24-25H,15-16,19H2,2-3H3,(H-,28,31)/p+1/t20?,24-,25+/m0/s1. The van der Waals surface area contributed by atoms with E-state index in [1.807, 2.05) is 67.6 Å². The zero-order chi connectivity index (χ0) is 22.0. The van der Waals surface area contributed by atoms with E-state index in [4.69, 9.17) is 12.2 Å². The fraction of sp³-hybridized carbons (Fsp3) is 0.333. The lowest BCUT2D eigenvalue weighted by molar-refractivity contribution is -0.727. The van der Waals surface area contributed by atoms with Crippen LogP contribution in [-0.2, 0) is 10.2 Å². The van der Waals surface area contributed by atoms with Gasteiger partial charge in [0.2, 0.25) is 5.91 Å². The Hall–Kier alpha value is -3.32. The fourth-order valence-electron chi connectivity index (χ4n) is 5.50. The first-order chi connectivity index (χ1) is 15.0. The van der Waals surface area contributed by atoms with Crippen molar-refractivity contribution in [2.45, 2.75) is 50.6 Å². The maximum absolute atomic E-state index is 13.2. The largest absolute Gasteiger partial charge is 0.369 e. The number of primary amides is 1. The molecule has 1 heterocycles. The van der Waals surface area contributed by atoms with Crippen molar-refractivity contribution in [1.82, 2.24) is 4.57 Å². The zero-order valence-corrected chi connectivity index (χ0v) is 18.2. The number of imidazole rings is 1. The summed E-state index contributed by atoms with van der Waals surface area (Å²) in [6.45, 7) is 4.13. The van der Waals surface area contributed by atoms with Gasteiger partial charge in [-0.2, -0.15) is 0 Å². The van der Waals surface area contributed by atoms with Crippen molar-refractivity contribution in [3.63, 3.8) is 0 Å². The van der Waals surface area contributed by atoms with E-state index < -0.39 is 5.41 Å². The van der Waals surface area contributed by atoms with Crippen LogP contribution in [-0.4, -0.2) is 10.5 Å². The van der Waals surface area contributed by atoms with Gasteiger partial charge in [0.05, 0.1) is 0 Å². The van der Waals surface area contributed by atoms with E-state index in [-0.39, 0.29) is 17.9 Å². The SMILES string of the molecule is C#CC(C)n1cc[n+]([C@@H]2CC[C@H](C(C(N)=O)(c3ccccc3)c3ccccc3)C2)c1C. The molecule has 31 heavy (non-hydrogen) atoms. The molecule has 1 amide bonds. The second kappa shape index (κ2) is 8.43. The third-order valence-corrected chi connectivity index (χ3v) is 7.05. The molecule has 158 valence electrons. The van der Waals surface area contributed by atoms with E-state index in [1.54, 1.807) is 0 Å². The van der Waals surface area contributed by atoms with Crippen molar-refractivity contribution in [2.24, 2.45) is 11.7 Å². The summed E-state index contributed by atoms with van der Waals surface area (Å²) in [5, 5.41) is 0. The molecule has 1 aromatic heterocycles. The molecule has 1 saturated carbocycles. The monoisotopic (exact) mass is 412 g/mol. The van der Waals surface area contributed by atoms with Crippen LogP contribution in [0.25, 0.3) is 0 Å². The topological polar surface area (TPSA) is 51.9 Å². The molecule has 4 nitrogen and oxygen atoms in total. The first-order valence-electron chi connectivity index (χ1n) is 11.0. The Labute approximate surface area is 184 Å². The highest BCUT2D eigenvalue weighted by Crippen LogP contribution is 2.48. The van der Waals surface area contributed by atoms with Crippen LogP contribution >= 0.6 is 0 Å². The van der Waals surface area contributed by atoms with E-state index in [2.05, 4.69) is 34.4 Å². The fourth-order valence-corrected chi connectivity index (χ4v) is 5.50. The lowest BCUT2D eigenvalue weighted by Crippen LogP contribution is -2.48. The minimum Gasteiger partial charge on any atom is -0.369 e. The maximum atomic E-state index is 13.2. The van der Waals surface area contributed by atoms with Crippen molar-refractivity contribution in [3.8, 4) is 12.3 Å². The number of aromatic nitrogens is 2. The number of hydrogen-bond donors (Lipinski definition) is 1. The summed E-state index contributed by atoms with van der Waals surface area (Å²) in [6.07, 6.45) is 12.6. The number of carbonyl (C=O) groups excluding carboxylic acids is 1. The van der Waals surface area contributed by atoms with Gasteiger partial charge in [0.15, 0.2) is 6.04 Å². The minimum absolute atomic E-state index is 0.0109. The van der Waals surface area contributed by atoms with Gasteiger partial charge in [-0.15, -0.1) is 6.42 Å². The Bertz CT molecular complexity index is 1060. The molecule has 4 rings (SSSR count). The minimum atomic E-state index is -0.847. The lowest BCUT2D eigenvalue weighted by Gasteiger charge is -2.37. The first kappa shape index (κ1) is 20.9. The third-order valence-electron chi connectivity index (χ3n) is 7.05. The smallest absolute Gasteiger partial charge is 0.254 e. The van der Waals surface area contributed by atoms with Crippen molar-refractivity contribution in [2.75, 3.05) is 0 Å². The Kier molecular flexibility index (Phi) is 5.69. The van der Waals surface area contributed by atoms with Crippen LogP contribution in [0.2, 0.25) is 0 Å². The summed E-state index contributed by atoms with van der Waals surface area (Å²) < 4.78 is 4.44. The molecule has 1 fully saturated rings. The number of rotatable bonds is 6. The lowest BCUT2D eigenvalue weighted by atomic mass is 9.64. The molecule has 0 bridgehead atoms. The predicted octanol–water partition coefficient (Wildman–Crippen LogP) is 4.09. The molecular weight excluding hydrogens is 382 g/mol. The Balaban J connectivity index is 1.76. The third kappa shape index (κ3) is 3.45. The van der Waals surface area contributed by atoms with Gasteiger partial charge in [-0.05, 0) is 43.2 Å². The van der Waals surface area contributed by atoms with Crippen LogP contribution in [0.3, 0.4) is 0 Å². The van der Waals surface area contributed by atoms with Crippen LogP contribution in [0.15, 0.2) is 73.1 Å². The first-order valence-corrected chi connectivity index (χ1v) is 11.0. The number of nitrogens with two attached hydrogens (primary N) is 1. The zero-order valence-electron chi connectivity index (χ0n) is 18.2. The quantitative estimate of drug-likeness (QED) is 0.481. The van der Waals surface area contributed by atoms with E-state index in [0.717, 1.165) is 36.2 Å². The Morgan fingerprint density at radius 2 is 1.71 bits per heavy atom. The molecule has 3 atom stereocenters. The van der Waals surface area contributed by atoms with Gasteiger partial charge in [0.1, 0.15) is 23.9 Å². The van der Waals surface area contributed by atoms with Crippen LogP contribution in [0.5, 0.6) is 0 Å². The van der Waals surface area contributed by atoms with Gasteiger partial charge in [-0.1, -0.05) is 66.6 Å². The summed E-state index contributed by atoms with van der Waals surface area (Å²) in [4.78, 5) is 13.2. The van der Waals surface area contributed by atoms with Crippen LogP contribution in [0.4, 0.5) is 0 Å². The summed E-state index contributed by atoms with van der Waals surface area (Å²) in [5.41, 5.74) is 7.32. The van der Waals surface area contributed by atoms with Gasteiger partial charge in [-0.25, -0.2) is 9.13 Å². The molecule has 2 N–H and O–H groups in total. The number of amides is 1. The van der Waals surface area contributed by atoms with E-state index >= 15 is 0 Å². The van der Waals surface area contributed by atoms with Crippen molar-refractivity contribution in [3.05, 3.63) is 90.0 Å². The van der Waals surface area contributed by atoms with Gasteiger partial charge in [0.25, 0.3) is 5.82 Å². The van der Waals surface area contributed by atoms with Crippen LogP contribution < -0.4 is 10.3 Å². The summed E-state index contributed by atoms with van der Waals surface area (Å²) in [5.74, 6) is 3.77. The van der Waals surface area contributed by atoms with Crippen molar-refractivity contribution < 1.29 is 9.36 Å². The van der Waals surface area contributed by atoms with Gasteiger partial charge >= 0.3 is 0 Å². The normalized spacial score (nSPS) is 19.6. The van der Waals surface area contributed by atoms with Crippen molar-refractivity contribution >= 4 is 5.91 Å². The summed E-state index contributed by atoms with van der Waals surface area (Å²) >= 11 is 0. The predicted molar refractivity (Wildman–Crippen MR) is 122 cm³/mol. The van der Waals surface area contributed by atoms with Gasteiger partial charge in [0, 0.05) is 6.92 Å². The molecule has 0 aliphatic heterocycles. The number of carbonyl (C=O) groups is 1. The number of hydrogen-bond acceptors (Lipinski definition) is 1. The highest BCUT2D eigenvalue weighted by Gasteiger charge is 2.51. The maximum Gasteiger partial charge on any atom is 0.254 e. The average Bonchev–Trinajstić information content (AvgIpc) is 3.42. The van der Waals surface area contributed by atoms with Crippen LogP contribution in [0.1, 0.15) is 55.2 Å². The Morgan fingerprint density at radius 1 is 1.13 bits per heavy atom. The molecule has 0 radical (unpaired) electrons. The number of benzene rings is 2. The highest BCUT2D eigenvalue weighted by molar-refractivity contribution is 5.91. The Morgan fingerprint density at radius 3 is 2.23 bits per heavy atom. The molecule has 2 aromatic carbocycles. The van der Waals surface area contributed by atoms with Crippen molar-refractivity contribution in [1.29, 1.82) is 0 Å². The second-order valence-corrected chi connectivity index (χ2v) is 8.57. The number of terminal acetylenes is 1. The molecule has 1 aliphatic rings. The van der Waals surface area contributed by atoms with Crippen LogP contribution in [0, 0.1) is 25.2 Å². The van der Waals surface area contributed by atoms with E-state index in [1.165, 1.54) is 0 Å². The molecule has 0 spiro atoms. The number of nitrogens with zero attached hydrogens (tertiary/aromatic N) is 2. The average molecular weight is 413 g/mol. The summed E-state index contributed by atoms with van der Waals surface area (Å²) in [6, 6.07) is 20.4. The van der Waals surface area contributed by atoms with Gasteiger partial charge < -0.3 is 5.73 Å². The summed E-state index contributed by atoms with van der Waals surface area (Å²) in [7, 11) is 0. The second-order valence-electron chi connectivity index (χ2n) is 8.57. The molecule has 0 saturated heterocycles. The molecule has 4 heteroatoms. The van der Waals surface area contributed by atoms with E-state index in [0.29, 0.717) is 6.04 Å². The van der Waals surface area contributed by atoms with E-state index in [9.17, 15) is 4.79 Å². The highest BCUT2D eigenvalue weighted by atomic mass is 16.1. The molecular formula is C27H30N3O+. The molecule has 3 aromatic rings. The molecule has 1 unspecified atom stereocenters. The van der Waals surface area contributed by atoms with Gasteiger partial charge in [-0.3, -0.25) is 4.79 Å².